The van der Waals surface area contributed by atoms with Gasteiger partial charge in [-0.2, -0.15) is 5.26 Å². The zero-order valence-electron chi connectivity index (χ0n) is 17.3. The molecular weight excluding hydrogens is 427 g/mol. The number of hydrogen-bond acceptors (Lipinski definition) is 7. The van der Waals surface area contributed by atoms with Gasteiger partial charge >= 0.3 is 5.76 Å². The van der Waals surface area contributed by atoms with Crippen molar-refractivity contribution in [2.24, 2.45) is 11.8 Å². The molecule has 1 fully saturated rings. The lowest BCUT2D eigenvalue weighted by molar-refractivity contribution is -0.117. The van der Waals surface area contributed by atoms with Crippen molar-refractivity contribution in [2.45, 2.75) is 13.3 Å². The van der Waals surface area contributed by atoms with E-state index >= 15 is 0 Å². The molecule has 10 heteroatoms. The summed E-state index contributed by atoms with van der Waals surface area (Å²) < 4.78 is 7.01. The van der Waals surface area contributed by atoms with Gasteiger partial charge in [-0.15, -0.1) is 0 Å². The van der Waals surface area contributed by atoms with Gasteiger partial charge in [0.25, 0.3) is 0 Å². The van der Waals surface area contributed by atoms with Crippen LogP contribution in [0.3, 0.4) is 0 Å². The Kier molecular flexibility index (Phi) is 4.68. The highest BCUT2D eigenvalue weighted by Crippen LogP contribution is 2.38. The number of amides is 1. The van der Waals surface area contributed by atoms with Gasteiger partial charge in [-0.05, 0) is 64.0 Å². The van der Waals surface area contributed by atoms with Gasteiger partial charge in [0.15, 0.2) is 5.58 Å². The van der Waals surface area contributed by atoms with Crippen molar-refractivity contribution < 1.29 is 9.21 Å². The Morgan fingerprint density at radius 3 is 2.91 bits per heavy atom. The normalized spacial score (nSPS) is 17.8. The molecule has 0 radical (unpaired) electrons. The largest absolute Gasteiger partial charge is 0.423 e. The summed E-state index contributed by atoms with van der Waals surface area (Å²) in [6.45, 7) is 3.86. The Morgan fingerprint density at radius 2 is 2.19 bits per heavy atom. The number of nitrogen functional groups attached to an aromatic ring is 1. The van der Waals surface area contributed by atoms with E-state index in [-0.39, 0.29) is 32.2 Å². The molecule has 1 aliphatic carbocycles. The Bertz CT molecular complexity index is 1520. The maximum atomic E-state index is 12.3. The number of rotatable bonds is 4. The number of aryl methyl sites for hydroxylation is 1. The first kappa shape index (κ1) is 20.2. The van der Waals surface area contributed by atoms with Crippen LogP contribution in [0.2, 0.25) is 0 Å². The van der Waals surface area contributed by atoms with E-state index in [0.717, 1.165) is 22.0 Å². The summed E-state index contributed by atoms with van der Waals surface area (Å²) in [5, 5.41) is 13.1. The molecule has 0 bridgehead atoms. The van der Waals surface area contributed by atoms with E-state index in [1.165, 1.54) is 0 Å². The molecule has 3 N–H and O–H groups in total. The summed E-state index contributed by atoms with van der Waals surface area (Å²) in [4.78, 5) is 33.2. The van der Waals surface area contributed by atoms with Crippen LogP contribution in [0.4, 0.5) is 11.6 Å². The lowest BCUT2D eigenvalue weighted by Gasteiger charge is -2.11. The van der Waals surface area contributed by atoms with Crippen LogP contribution in [0, 0.1) is 30.1 Å². The number of nitrogens with zero attached hydrogens (tertiary/aromatic N) is 4. The molecule has 1 aliphatic rings. The average Bonchev–Trinajstić information content (AvgIpc) is 3.49. The minimum Gasteiger partial charge on any atom is -0.407 e. The second-order valence-electron chi connectivity index (χ2n) is 7.81. The van der Waals surface area contributed by atoms with Crippen molar-refractivity contribution in [3.05, 3.63) is 46.6 Å². The fourth-order valence-corrected chi connectivity index (χ4v) is 4.53. The highest BCUT2D eigenvalue weighted by molar-refractivity contribution is 7.35. The summed E-state index contributed by atoms with van der Waals surface area (Å²) in [5.74, 6) is -0.393. The third kappa shape index (κ3) is 3.29. The van der Waals surface area contributed by atoms with Gasteiger partial charge in [0.1, 0.15) is 11.6 Å². The van der Waals surface area contributed by atoms with Crippen LogP contribution >= 0.6 is 8.73 Å². The van der Waals surface area contributed by atoms with Crippen LogP contribution < -0.4 is 16.8 Å². The monoisotopic (exact) mass is 446 g/mol. The third-order valence-corrected chi connectivity index (χ3v) is 6.59. The summed E-state index contributed by atoms with van der Waals surface area (Å²) in [6, 6.07) is 9.42. The molecule has 4 aromatic rings. The van der Waals surface area contributed by atoms with E-state index in [1.807, 2.05) is 25.7 Å². The number of pyridine rings is 2. The van der Waals surface area contributed by atoms with E-state index in [9.17, 15) is 9.59 Å². The van der Waals surface area contributed by atoms with E-state index in [4.69, 9.17) is 15.4 Å². The number of nitrogens with two attached hydrogens (primary N) is 1. The molecule has 1 aromatic carbocycles. The second kappa shape index (κ2) is 7.43. The van der Waals surface area contributed by atoms with Gasteiger partial charge in [-0.1, -0.05) is 0 Å². The average molecular weight is 446 g/mol. The van der Waals surface area contributed by atoms with Crippen molar-refractivity contribution in [1.29, 1.82) is 5.26 Å². The Morgan fingerprint density at radius 1 is 1.38 bits per heavy atom. The number of benzene rings is 1. The molecular formula is C22H19N6O3P. The predicted molar refractivity (Wildman–Crippen MR) is 124 cm³/mol. The van der Waals surface area contributed by atoms with Crippen LogP contribution in [0.5, 0.6) is 0 Å². The highest BCUT2D eigenvalue weighted by Gasteiger charge is 2.43. The van der Waals surface area contributed by atoms with Gasteiger partial charge in [0, 0.05) is 17.1 Å². The molecule has 3 atom stereocenters. The van der Waals surface area contributed by atoms with Crippen LogP contribution in [-0.2, 0) is 4.79 Å². The lowest BCUT2D eigenvalue weighted by Crippen LogP contribution is -2.15. The smallest absolute Gasteiger partial charge is 0.407 e. The zero-order chi connectivity index (χ0) is 22.6. The third-order valence-electron chi connectivity index (χ3n) is 5.72. The quantitative estimate of drug-likeness (QED) is 0.459. The summed E-state index contributed by atoms with van der Waals surface area (Å²) in [5.41, 5.74) is 9.78. The first-order chi connectivity index (χ1) is 15.4. The molecule has 1 saturated carbocycles. The van der Waals surface area contributed by atoms with Crippen molar-refractivity contribution in [1.82, 2.24) is 14.3 Å². The van der Waals surface area contributed by atoms with Crippen LogP contribution in [0.15, 0.2) is 39.7 Å². The fraction of sp³-hybridized carbons (Fsp3) is 0.227. The van der Waals surface area contributed by atoms with Gasteiger partial charge < -0.3 is 15.5 Å². The Hall–Kier alpha value is -3.76. The zero-order valence-corrected chi connectivity index (χ0v) is 18.3. The molecule has 3 heterocycles. The molecule has 9 nitrogen and oxygen atoms in total. The number of aromatic nitrogens is 3. The molecule has 32 heavy (non-hydrogen) atoms. The van der Waals surface area contributed by atoms with E-state index < -0.39 is 0 Å². The number of carbonyl (C=O) groups excluding carboxylic acids is 1. The van der Waals surface area contributed by atoms with Crippen LogP contribution in [0.25, 0.3) is 33.1 Å². The van der Waals surface area contributed by atoms with E-state index in [1.54, 1.807) is 22.7 Å². The first-order valence-electron chi connectivity index (χ1n) is 10.0. The van der Waals surface area contributed by atoms with E-state index in [0.29, 0.717) is 34.7 Å². The van der Waals surface area contributed by atoms with Gasteiger partial charge in [-0.25, -0.2) is 14.8 Å². The lowest BCUT2D eigenvalue weighted by atomic mass is 10.0. The maximum Gasteiger partial charge on any atom is 0.423 e. The van der Waals surface area contributed by atoms with Crippen molar-refractivity contribution >= 4 is 48.1 Å². The molecule has 3 aromatic heterocycles. The molecule has 0 aliphatic heterocycles. The minimum atomic E-state index is -0.385. The molecule has 0 saturated heterocycles. The number of hydrogen-bond donors (Lipinski definition) is 2. The Balaban J connectivity index is 1.56. The molecule has 160 valence electrons. The number of carbonyl (C=O) groups is 1. The summed E-state index contributed by atoms with van der Waals surface area (Å²) in [6.07, 6.45) is 2.15. The maximum absolute atomic E-state index is 12.3. The van der Waals surface area contributed by atoms with Crippen molar-refractivity contribution in [2.75, 3.05) is 17.7 Å². The minimum absolute atomic E-state index is 0.205. The van der Waals surface area contributed by atoms with Crippen LogP contribution in [0.1, 0.15) is 12.0 Å². The van der Waals surface area contributed by atoms with Crippen molar-refractivity contribution in [3.63, 3.8) is 0 Å². The second-order valence-corrected chi connectivity index (χ2v) is 8.71. The summed E-state index contributed by atoms with van der Waals surface area (Å²) in [7, 11) is 0.264. The Labute approximate surface area is 184 Å². The van der Waals surface area contributed by atoms with Crippen molar-refractivity contribution in [3.8, 4) is 17.3 Å². The topological polar surface area (TPSA) is 140 Å². The molecule has 1 amide bonds. The summed E-state index contributed by atoms with van der Waals surface area (Å²) >= 11 is 0. The van der Waals surface area contributed by atoms with Gasteiger partial charge in [0.05, 0.1) is 29.1 Å². The predicted octanol–water partition coefficient (Wildman–Crippen LogP) is 3.26. The number of oxazole rings is 1. The van der Waals surface area contributed by atoms with Gasteiger partial charge in [0.2, 0.25) is 5.91 Å². The number of fused-ring (bicyclic) bond motifs is 2. The SMILES string of the molecule is CPn1c(=O)oc2cc(-c3cc4cc(NC(=O)[C@@H]5C[C@H]5C#N)ncc4c(N)n3)c(C)cc21. The molecule has 1 unspecified atom stereocenters. The first-order valence-corrected chi connectivity index (χ1v) is 11.5. The van der Waals surface area contributed by atoms with Crippen LogP contribution in [-0.4, -0.2) is 26.9 Å². The number of nitrogens with one attached hydrogen (secondary N) is 1. The standard InChI is InChI=1S/C22H19N6O3P/c1-10-3-17-18(31-22(30)28(17)32-2)7-13(10)16-5-11-6-19(25-9-15(11)20(24)26-16)27-21(29)14-4-12(14)8-23/h3,5-7,9,12,14,32H,4H2,1-2H3,(H2,24,26)(H,25,27,29)/t12-,14+/m0/s1. The molecule has 0 spiro atoms. The fourth-order valence-electron chi connectivity index (χ4n) is 3.88. The number of anilines is 2. The van der Waals surface area contributed by atoms with E-state index in [2.05, 4.69) is 21.4 Å². The van der Waals surface area contributed by atoms with Gasteiger partial charge in [-0.3, -0.25) is 9.13 Å². The highest BCUT2D eigenvalue weighted by atomic mass is 31.1. The molecule has 5 rings (SSSR count). The number of nitriles is 1.